The average Bonchev–Trinajstić information content (AvgIpc) is 2.71. The second-order valence-corrected chi connectivity index (χ2v) is 2.67. The van der Waals surface area contributed by atoms with Crippen LogP contribution in [0.25, 0.3) is 11.4 Å². The molecule has 0 bridgehead atoms. The van der Waals surface area contributed by atoms with Crippen molar-refractivity contribution in [2.75, 3.05) is 0 Å². The Balaban J connectivity index is 2.52. The van der Waals surface area contributed by atoms with Crippen LogP contribution in [0.5, 0.6) is 0 Å². The third-order valence-electron chi connectivity index (χ3n) is 1.88. The highest BCUT2D eigenvalue weighted by Crippen LogP contribution is 2.21. The van der Waals surface area contributed by atoms with Crippen LogP contribution in [0, 0.1) is 0 Å². The van der Waals surface area contributed by atoms with E-state index in [2.05, 4.69) is 10.1 Å². The van der Waals surface area contributed by atoms with Crippen LogP contribution < -0.4 is 5.73 Å². The summed E-state index contributed by atoms with van der Waals surface area (Å²) >= 11 is 0. The van der Waals surface area contributed by atoms with Crippen LogP contribution >= 0.6 is 0 Å². The van der Waals surface area contributed by atoms with Crippen molar-refractivity contribution in [1.29, 1.82) is 0 Å². The molecule has 2 heterocycles. The van der Waals surface area contributed by atoms with Crippen molar-refractivity contribution in [3.05, 3.63) is 24.4 Å². The molecule has 0 amide bonds. The maximum absolute atomic E-state index is 5.50. The van der Waals surface area contributed by atoms with Crippen LogP contribution in [0.3, 0.4) is 0 Å². The number of hydrogen-bond donors (Lipinski definition) is 1. The SMILES string of the molecule is Cn1ncnc1-c1ccoc1CN. The fourth-order valence-electron chi connectivity index (χ4n) is 1.24. The fraction of sp³-hybridized carbons (Fsp3) is 0.250. The van der Waals surface area contributed by atoms with Crippen LogP contribution in [0.4, 0.5) is 0 Å². The van der Waals surface area contributed by atoms with Gasteiger partial charge >= 0.3 is 0 Å². The Morgan fingerprint density at radius 2 is 2.46 bits per heavy atom. The van der Waals surface area contributed by atoms with Gasteiger partial charge in [0.2, 0.25) is 0 Å². The van der Waals surface area contributed by atoms with Crippen molar-refractivity contribution in [3.63, 3.8) is 0 Å². The number of aromatic nitrogens is 3. The van der Waals surface area contributed by atoms with Gasteiger partial charge in [0.25, 0.3) is 0 Å². The Labute approximate surface area is 75.2 Å². The van der Waals surface area contributed by atoms with Crippen LogP contribution in [-0.4, -0.2) is 14.8 Å². The molecule has 2 rings (SSSR count). The standard InChI is InChI=1S/C8H10N4O/c1-12-8(10-5-11-12)6-2-3-13-7(6)4-9/h2-3,5H,4,9H2,1H3. The largest absolute Gasteiger partial charge is 0.467 e. The number of rotatable bonds is 2. The minimum absolute atomic E-state index is 0.370. The second-order valence-electron chi connectivity index (χ2n) is 2.67. The molecule has 13 heavy (non-hydrogen) atoms. The summed E-state index contributed by atoms with van der Waals surface area (Å²) in [5, 5.41) is 3.97. The highest BCUT2D eigenvalue weighted by molar-refractivity contribution is 5.57. The smallest absolute Gasteiger partial charge is 0.161 e. The van der Waals surface area contributed by atoms with Crippen molar-refractivity contribution in [2.24, 2.45) is 12.8 Å². The summed E-state index contributed by atoms with van der Waals surface area (Å²) in [7, 11) is 1.83. The molecule has 0 radical (unpaired) electrons. The summed E-state index contributed by atoms with van der Waals surface area (Å²) in [4.78, 5) is 4.10. The number of hydrogen-bond acceptors (Lipinski definition) is 4. The first-order chi connectivity index (χ1) is 6.33. The molecular weight excluding hydrogens is 168 g/mol. The molecule has 0 fully saturated rings. The Kier molecular flexibility index (Phi) is 1.86. The van der Waals surface area contributed by atoms with Gasteiger partial charge in [-0.05, 0) is 6.07 Å². The number of furan rings is 1. The van der Waals surface area contributed by atoms with Crippen molar-refractivity contribution in [2.45, 2.75) is 6.54 Å². The predicted molar refractivity (Wildman–Crippen MR) is 46.6 cm³/mol. The molecule has 68 valence electrons. The zero-order valence-electron chi connectivity index (χ0n) is 7.27. The molecule has 5 heteroatoms. The molecule has 0 saturated carbocycles. The highest BCUT2D eigenvalue weighted by Gasteiger charge is 2.11. The number of aryl methyl sites for hydroxylation is 1. The first-order valence-corrected chi connectivity index (χ1v) is 3.93. The lowest BCUT2D eigenvalue weighted by Gasteiger charge is -1.98. The van der Waals surface area contributed by atoms with E-state index in [1.165, 1.54) is 6.33 Å². The molecule has 0 atom stereocenters. The second kappa shape index (κ2) is 3.02. The minimum Gasteiger partial charge on any atom is -0.467 e. The van der Waals surface area contributed by atoms with Gasteiger partial charge in [-0.1, -0.05) is 0 Å². The van der Waals surface area contributed by atoms with Crippen molar-refractivity contribution >= 4 is 0 Å². The molecule has 0 saturated heterocycles. The summed E-state index contributed by atoms with van der Waals surface area (Å²) in [5.41, 5.74) is 6.41. The molecule has 2 aromatic rings. The van der Waals surface area contributed by atoms with Gasteiger partial charge in [-0.3, -0.25) is 0 Å². The van der Waals surface area contributed by atoms with Crippen LogP contribution in [0.15, 0.2) is 23.1 Å². The van der Waals surface area contributed by atoms with E-state index in [9.17, 15) is 0 Å². The maximum atomic E-state index is 5.50. The van der Waals surface area contributed by atoms with Gasteiger partial charge in [-0.15, -0.1) is 0 Å². The average molecular weight is 178 g/mol. The molecule has 5 nitrogen and oxygen atoms in total. The van der Waals surface area contributed by atoms with E-state index in [1.807, 2.05) is 13.1 Å². The zero-order chi connectivity index (χ0) is 9.26. The molecule has 0 spiro atoms. The van der Waals surface area contributed by atoms with Crippen LogP contribution in [0.1, 0.15) is 5.76 Å². The lowest BCUT2D eigenvalue weighted by molar-refractivity contribution is 0.513. The normalized spacial score (nSPS) is 10.6. The van der Waals surface area contributed by atoms with Gasteiger partial charge in [0.15, 0.2) is 5.82 Å². The van der Waals surface area contributed by atoms with Gasteiger partial charge in [0, 0.05) is 7.05 Å². The van der Waals surface area contributed by atoms with E-state index in [1.54, 1.807) is 10.9 Å². The summed E-state index contributed by atoms with van der Waals surface area (Å²) in [6, 6.07) is 1.84. The Morgan fingerprint density at radius 3 is 3.08 bits per heavy atom. The lowest BCUT2D eigenvalue weighted by Crippen LogP contribution is -1.99. The van der Waals surface area contributed by atoms with E-state index in [4.69, 9.17) is 10.2 Å². The topological polar surface area (TPSA) is 69.9 Å². The number of nitrogens with zero attached hydrogens (tertiary/aromatic N) is 3. The summed E-state index contributed by atoms with van der Waals surface area (Å²) in [6.07, 6.45) is 3.11. The number of nitrogens with two attached hydrogens (primary N) is 1. The molecular formula is C8H10N4O. The molecule has 0 aliphatic carbocycles. The van der Waals surface area contributed by atoms with E-state index in [0.717, 1.165) is 17.1 Å². The van der Waals surface area contributed by atoms with E-state index in [0.29, 0.717) is 6.54 Å². The fourth-order valence-corrected chi connectivity index (χ4v) is 1.24. The zero-order valence-corrected chi connectivity index (χ0v) is 7.27. The van der Waals surface area contributed by atoms with Crippen LogP contribution in [-0.2, 0) is 13.6 Å². The Hall–Kier alpha value is -1.62. The van der Waals surface area contributed by atoms with Gasteiger partial charge < -0.3 is 10.2 Å². The molecule has 2 aromatic heterocycles. The first kappa shape index (κ1) is 8.00. The summed E-state index contributed by atoms with van der Waals surface area (Å²) in [6.45, 7) is 0.370. The van der Waals surface area contributed by atoms with Crippen molar-refractivity contribution in [3.8, 4) is 11.4 Å². The third-order valence-corrected chi connectivity index (χ3v) is 1.88. The lowest BCUT2D eigenvalue weighted by atomic mass is 10.2. The van der Waals surface area contributed by atoms with Gasteiger partial charge in [-0.2, -0.15) is 5.10 Å². The van der Waals surface area contributed by atoms with E-state index in [-0.39, 0.29) is 0 Å². The van der Waals surface area contributed by atoms with E-state index < -0.39 is 0 Å². The van der Waals surface area contributed by atoms with Gasteiger partial charge in [0.1, 0.15) is 12.1 Å². The summed E-state index contributed by atoms with van der Waals surface area (Å²) < 4.78 is 6.87. The molecule has 2 N–H and O–H groups in total. The Morgan fingerprint density at radius 1 is 1.62 bits per heavy atom. The quantitative estimate of drug-likeness (QED) is 0.728. The van der Waals surface area contributed by atoms with Gasteiger partial charge in [0.05, 0.1) is 18.4 Å². The van der Waals surface area contributed by atoms with Crippen LogP contribution in [0.2, 0.25) is 0 Å². The van der Waals surface area contributed by atoms with E-state index >= 15 is 0 Å². The molecule has 0 aromatic carbocycles. The van der Waals surface area contributed by atoms with Crippen molar-refractivity contribution in [1.82, 2.24) is 14.8 Å². The maximum Gasteiger partial charge on any atom is 0.161 e. The monoisotopic (exact) mass is 178 g/mol. The minimum atomic E-state index is 0.370. The van der Waals surface area contributed by atoms with Crippen molar-refractivity contribution < 1.29 is 4.42 Å². The van der Waals surface area contributed by atoms with Gasteiger partial charge in [-0.25, -0.2) is 9.67 Å². The third kappa shape index (κ3) is 1.23. The predicted octanol–water partition coefficient (Wildman–Crippen LogP) is 0.534. The highest BCUT2D eigenvalue weighted by atomic mass is 16.3. The Bertz CT molecular complexity index is 404. The summed E-state index contributed by atoms with van der Waals surface area (Å²) in [5.74, 6) is 1.50. The molecule has 0 unspecified atom stereocenters. The molecule has 0 aliphatic rings. The first-order valence-electron chi connectivity index (χ1n) is 3.93. The molecule has 0 aliphatic heterocycles.